The fraction of sp³-hybridized carbons (Fsp3) is 0.312. The third-order valence-electron chi connectivity index (χ3n) is 3.36. The van der Waals surface area contributed by atoms with E-state index in [1.54, 1.807) is 24.3 Å². The summed E-state index contributed by atoms with van der Waals surface area (Å²) in [4.78, 5) is 4.48. The Hall–Kier alpha value is -2.09. The van der Waals surface area contributed by atoms with Crippen molar-refractivity contribution in [3.63, 3.8) is 0 Å². The van der Waals surface area contributed by atoms with Gasteiger partial charge in [0.15, 0.2) is 5.65 Å². The molecule has 2 aromatic heterocycles. The Kier molecular flexibility index (Phi) is 4.25. The third kappa shape index (κ3) is 2.98. The van der Waals surface area contributed by atoms with E-state index in [4.69, 9.17) is 0 Å². The number of nitrogens with zero attached hydrogens (tertiary/aromatic N) is 4. The molecule has 3 rings (SSSR count). The lowest BCUT2D eigenvalue weighted by molar-refractivity contribution is -0.145. The lowest BCUT2D eigenvalue weighted by Crippen LogP contribution is -2.12. The first-order valence-corrected chi connectivity index (χ1v) is 8.31. The number of aromatic nitrogens is 4. The van der Waals surface area contributed by atoms with Crippen LogP contribution in [0.3, 0.4) is 0 Å². The number of thioether (sulfide) groups is 1. The van der Waals surface area contributed by atoms with Gasteiger partial charge in [0.1, 0.15) is 5.03 Å². The second kappa shape index (κ2) is 6.08. The van der Waals surface area contributed by atoms with E-state index in [0.29, 0.717) is 27.5 Å². The number of rotatable bonds is 4. The van der Waals surface area contributed by atoms with Crippen LogP contribution < -0.4 is 0 Å². The Labute approximate surface area is 140 Å². The Bertz CT molecular complexity index is 915. The van der Waals surface area contributed by atoms with Gasteiger partial charge < -0.3 is 0 Å². The van der Waals surface area contributed by atoms with Crippen LogP contribution in [0.5, 0.6) is 0 Å². The predicted octanol–water partition coefficient (Wildman–Crippen LogP) is 4.69. The lowest BCUT2D eigenvalue weighted by atomic mass is 10.2. The molecule has 0 aliphatic heterocycles. The van der Waals surface area contributed by atoms with Crippen molar-refractivity contribution >= 4 is 34.5 Å². The van der Waals surface area contributed by atoms with Crippen molar-refractivity contribution in [1.82, 2.24) is 19.6 Å². The molecule has 0 aliphatic carbocycles. The van der Waals surface area contributed by atoms with Gasteiger partial charge in [-0.3, -0.25) is 4.40 Å². The molecule has 2 heterocycles. The molecule has 126 valence electrons. The highest BCUT2D eigenvalue weighted by atomic mass is 32.2. The zero-order valence-corrected chi connectivity index (χ0v) is 13.9. The molecule has 8 heteroatoms. The van der Waals surface area contributed by atoms with Crippen LogP contribution in [-0.2, 0) is 6.18 Å². The average molecular weight is 352 g/mol. The van der Waals surface area contributed by atoms with Crippen molar-refractivity contribution in [2.24, 2.45) is 5.92 Å². The van der Waals surface area contributed by atoms with Crippen LogP contribution in [0.25, 0.3) is 22.8 Å². The highest BCUT2D eigenvalue weighted by Crippen LogP contribution is 2.33. The van der Waals surface area contributed by atoms with E-state index in [9.17, 15) is 13.2 Å². The minimum atomic E-state index is -4.60. The maximum absolute atomic E-state index is 13.3. The van der Waals surface area contributed by atoms with E-state index < -0.39 is 12.0 Å². The van der Waals surface area contributed by atoms with Gasteiger partial charge in [-0.2, -0.15) is 13.2 Å². The topological polar surface area (TPSA) is 43.1 Å². The van der Waals surface area contributed by atoms with E-state index >= 15 is 0 Å². The van der Waals surface area contributed by atoms with E-state index in [1.165, 1.54) is 11.8 Å². The Morgan fingerprint density at radius 2 is 2.04 bits per heavy atom. The van der Waals surface area contributed by atoms with Crippen LogP contribution >= 0.6 is 11.8 Å². The molecule has 0 saturated carbocycles. The normalized spacial score (nSPS) is 12.4. The van der Waals surface area contributed by atoms with Crippen LogP contribution in [0, 0.1) is 5.92 Å². The first-order chi connectivity index (χ1) is 11.3. The second-order valence-corrected chi connectivity index (χ2v) is 6.76. The Morgan fingerprint density at radius 1 is 1.29 bits per heavy atom. The zero-order chi connectivity index (χ0) is 17.5. The van der Waals surface area contributed by atoms with Crippen molar-refractivity contribution in [2.45, 2.75) is 25.0 Å². The van der Waals surface area contributed by atoms with Crippen LogP contribution in [0.2, 0.25) is 0 Å². The van der Waals surface area contributed by atoms with Crippen molar-refractivity contribution in [2.75, 3.05) is 5.75 Å². The van der Waals surface area contributed by atoms with Gasteiger partial charge in [-0.05, 0) is 23.6 Å². The monoisotopic (exact) mass is 352 g/mol. The van der Waals surface area contributed by atoms with E-state index in [0.717, 1.165) is 10.2 Å². The molecule has 3 aromatic rings. The maximum atomic E-state index is 13.3. The summed E-state index contributed by atoms with van der Waals surface area (Å²) in [7, 11) is 0. The summed E-state index contributed by atoms with van der Waals surface area (Å²) in [6.07, 6.45) is -3.03. The first-order valence-electron chi connectivity index (χ1n) is 7.32. The maximum Gasteiger partial charge on any atom is 0.452 e. The quantitative estimate of drug-likeness (QED) is 0.639. The lowest BCUT2D eigenvalue weighted by Gasteiger charge is -2.11. The number of halogens is 3. The molecule has 24 heavy (non-hydrogen) atoms. The summed E-state index contributed by atoms with van der Waals surface area (Å²) < 4.78 is 41.0. The van der Waals surface area contributed by atoms with Crippen molar-refractivity contribution in [3.8, 4) is 0 Å². The van der Waals surface area contributed by atoms with Crippen LogP contribution in [-0.4, -0.2) is 25.3 Å². The van der Waals surface area contributed by atoms with Gasteiger partial charge in [0.25, 0.3) is 0 Å². The van der Waals surface area contributed by atoms with E-state index in [1.807, 2.05) is 13.8 Å². The van der Waals surface area contributed by atoms with Gasteiger partial charge in [0, 0.05) is 5.75 Å². The van der Waals surface area contributed by atoms with Crippen LogP contribution in [0.4, 0.5) is 13.2 Å². The highest BCUT2D eigenvalue weighted by molar-refractivity contribution is 7.99. The van der Waals surface area contributed by atoms with Gasteiger partial charge in [0.05, 0.1) is 11.0 Å². The zero-order valence-electron chi connectivity index (χ0n) is 13.1. The van der Waals surface area contributed by atoms with Crippen LogP contribution in [0.15, 0.2) is 29.8 Å². The molecule has 0 fully saturated rings. The summed E-state index contributed by atoms with van der Waals surface area (Å²) in [5, 5.41) is 7.57. The van der Waals surface area contributed by atoms with Crippen molar-refractivity contribution in [1.29, 1.82) is 0 Å². The van der Waals surface area contributed by atoms with Crippen molar-refractivity contribution < 1.29 is 13.2 Å². The number of hydrogen-bond acceptors (Lipinski definition) is 4. The molecule has 0 N–H and O–H groups in total. The molecule has 0 saturated heterocycles. The summed E-state index contributed by atoms with van der Waals surface area (Å²) in [6, 6.07) is 5.06. The fourth-order valence-corrected chi connectivity index (χ4v) is 3.19. The highest BCUT2D eigenvalue weighted by Gasteiger charge is 2.38. The Morgan fingerprint density at radius 3 is 2.67 bits per heavy atom. The van der Waals surface area contributed by atoms with Gasteiger partial charge in [-0.25, -0.2) is 4.98 Å². The summed E-state index contributed by atoms with van der Waals surface area (Å²) in [5.74, 6) is 0.0610. The number of hydrogen-bond donors (Lipinski definition) is 0. The number of benzene rings is 1. The summed E-state index contributed by atoms with van der Waals surface area (Å²) in [5.41, 5.74) is 1.61. The smallest absolute Gasteiger partial charge is 0.267 e. The molecule has 0 amide bonds. The van der Waals surface area contributed by atoms with Crippen LogP contribution in [0.1, 0.15) is 25.2 Å². The number of fused-ring (bicyclic) bond motifs is 3. The van der Waals surface area contributed by atoms with Crippen molar-refractivity contribution in [3.05, 3.63) is 36.2 Å². The standard InChI is InChI=1S/C16H15F3N4S/c1-4-10-5-6-11-12(7-10)23-13(14(20-11)24-8-9(2)3)21-22-15(23)16(17,18)19/h4-7,9H,1,8H2,2-3H3. The molecular formula is C16H15F3N4S. The minimum absolute atomic E-state index is 0.127. The molecule has 0 bridgehead atoms. The minimum Gasteiger partial charge on any atom is -0.267 e. The van der Waals surface area contributed by atoms with Gasteiger partial charge >= 0.3 is 6.18 Å². The van der Waals surface area contributed by atoms with E-state index in [2.05, 4.69) is 21.8 Å². The third-order valence-corrected chi connectivity index (χ3v) is 4.74. The molecule has 0 radical (unpaired) electrons. The predicted molar refractivity (Wildman–Crippen MR) is 88.9 cm³/mol. The molecule has 0 aliphatic rings. The van der Waals surface area contributed by atoms with Gasteiger partial charge in [-0.15, -0.1) is 22.0 Å². The second-order valence-electron chi connectivity index (χ2n) is 5.75. The van der Waals surface area contributed by atoms with Gasteiger partial charge in [-0.1, -0.05) is 32.6 Å². The summed E-state index contributed by atoms with van der Waals surface area (Å²) >= 11 is 1.38. The molecule has 4 nitrogen and oxygen atoms in total. The SMILES string of the molecule is C=Cc1ccc2nc(SCC(C)C)c3nnc(C(F)(F)F)n3c2c1. The molecule has 0 atom stereocenters. The number of alkyl halides is 3. The average Bonchev–Trinajstić information content (AvgIpc) is 2.97. The molecule has 0 unspecified atom stereocenters. The molecule has 1 aromatic carbocycles. The molecule has 0 spiro atoms. The Balaban J connectivity index is 2.34. The van der Waals surface area contributed by atoms with E-state index in [-0.39, 0.29) is 5.65 Å². The molecular weight excluding hydrogens is 337 g/mol. The fourth-order valence-electron chi connectivity index (χ4n) is 2.28. The largest absolute Gasteiger partial charge is 0.452 e. The summed E-state index contributed by atoms with van der Waals surface area (Å²) in [6.45, 7) is 7.72. The first kappa shape index (κ1) is 16.8. The van der Waals surface area contributed by atoms with Gasteiger partial charge in [0.2, 0.25) is 5.82 Å².